The maximum absolute atomic E-state index is 13.1. The van der Waals surface area contributed by atoms with Gasteiger partial charge in [-0.25, -0.2) is 14.5 Å². The number of aryl methyl sites for hydroxylation is 1. The Bertz CT molecular complexity index is 1320. The molecule has 1 aliphatic heterocycles. The standard InChI is InChI=1S/C25H26F3N5O3/c1-14-10-17-12-20(35-4)21(36-5)13-19(17)23(31-33(14)24(34)29-3)16-6-8-18(9-7-16)32-15(2)11-22(30-32)25(26,27)28/h6-9,11-14H,10H2,1-5H3,(H,29,34). The van der Waals surface area contributed by atoms with Crippen molar-refractivity contribution in [3.63, 3.8) is 0 Å². The Morgan fingerprint density at radius 1 is 1.08 bits per heavy atom. The summed E-state index contributed by atoms with van der Waals surface area (Å²) in [5, 5.41) is 12.4. The molecule has 1 N–H and O–H groups in total. The van der Waals surface area contributed by atoms with Crippen molar-refractivity contribution >= 4 is 11.7 Å². The van der Waals surface area contributed by atoms with E-state index in [9.17, 15) is 18.0 Å². The lowest BCUT2D eigenvalue weighted by molar-refractivity contribution is -0.141. The topological polar surface area (TPSA) is 81.0 Å². The number of methoxy groups -OCH3 is 2. The van der Waals surface area contributed by atoms with Gasteiger partial charge in [0, 0.05) is 23.9 Å². The van der Waals surface area contributed by atoms with E-state index in [0.29, 0.717) is 40.6 Å². The molecular formula is C25H26F3N5O3. The van der Waals surface area contributed by atoms with Gasteiger partial charge in [-0.1, -0.05) is 12.1 Å². The van der Waals surface area contributed by atoms with Crippen molar-refractivity contribution in [3.05, 3.63) is 70.5 Å². The van der Waals surface area contributed by atoms with Crippen LogP contribution in [0.2, 0.25) is 0 Å². The molecule has 0 radical (unpaired) electrons. The van der Waals surface area contributed by atoms with Gasteiger partial charge in [-0.15, -0.1) is 0 Å². The third-order valence-corrected chi connectivity index (χ3v) is 5.99. The number of aromatic nitrogens is 2. The summed E-state index contributed by atoms with van der Waals surface area (Å²) in [4.78, 5) is 12.6. The summed E-state index contributed by atoms with van der Waals surface area (Å²) in [6.45, 7) is 3.45. The van der Waals surface area contributed by atoms with Crippen LogP contribution in [0.15, 0.2) is 47.6 Å². The van der Waals surface area contributed by atoms with Crippen LogP contribution >= 0.6 is 0 Å². The van der Waals surface area contributed by atoms with Gasteiger partial charge in [-0.2, -0.15) is 23.4 Å². The Labute approximate surface area is 206 Å². The van der Waals surface area contributed by atoms with E-state index in [0.717, 1.165) is 17.2 Å². The fourth-order valence-corrected chi connectivity index (χ4v) is 4.18. The lowest BCUT2D eigenvalue weighted by Crippen LogP contribution is -2.41. The first-order chi connectivity index (χ1) is 17.1. The van der Waals surface area contributed by atoms with Crippen molar-refractivity contribution in [1.29, 1.82) is 0 Å². The lowest BCUT2D eigenvalue weighted by atomic mass is 9.94. The fraction of sp³-hybridized carbons (Fsp3) is 0.320. The van der Waals surface area contributed by atoms with E-state index in [2.05, 4.69) is 10.4 Å². The van der Waals surface area contributed by atoms with Crippen molar-refractivity contribution in [3.8, 4) is 17.2 Å². The van der Waals surface area contributed by atoms with Crippen LogP contribution in [-0.2, 0) is 12.6 Å². The predicted molar refractivity (Wildman–Crippen MR) is 128 cm³/mol. The normalized spacial score (nSPS) is 15.6. The number of carbonyl (C=O) groups is 1. The molecule has 0 bridgehead atoms. The number of nitrogens with zero attached hydrogens (tertiary/aromatic N) is 4. The molecule has 1 unspecified atom stereocenters. The highest BCUT2D eigenvalue weighted by Gasteiger charge is 2.34. The molecule has 2 heterocycles. The summed E-state index contributed by atoms with van der Waals surface area (Å²) >= 11 is 0. The van der Waals surface area contributed by atoms with E-state index in [1.54, 1.807) is 38.3 Å². The number of benzene rings is 2. The minimum atomic E-state index is -4.53. The number of hydrogen-bond acceptors (Lipinski definition) is 5. The number of carbonyl (C=O) groups excluding carboxylic acids is 1. The largest absolute Gasteiger partial charge is 0.493 e. The molecule has 1 aromatic heterocycles. The number of rotatable bonds is 4. The molecule has 2 amide bonds. The van der Waals surface area contributed by atoms with Crippen LogP contribution in [0, 0.1) is 6.92 Å². The number of alkyl halides is 3. The van der Waals surface area contributed by atoms with Crippen LogP contribution in [0.5, 0.6) is 11.5 Å². The summed E-state index contributed by atoms with van der Waals surface area (Å²) in [5.74, 6) is 1.06. The Hall–Kier alpha value is -4.02. The molecule has 8 nitrogen and oxygen atoms in total. The van der Waals surface area contributed by atoms with Gasteiger partial charge >= 0.3 is 12.2 Å². The third kappa shape index (κ3) is 4.60. The van der Waals surface area contributed by atoms with E-state index < -0.39 is 11.9 Å². The van der Waals surface area contributed by atoms with Gasteiger partial charge in [0.1, 0.15) is 0 Å². The molecule has 36 heavy (non-hydrogen) atoms. The maximum atomic E-state index is 13.1. The molecule has 11 heteroatoms. The summed E-state index contributed by atoms with van der Waals surface area (Å²) in [6.07, 6.45) is -4.02. The van der Waals surface area contributed by atoms with Crippen LogP contribution in [0.4, 0.5) is 18.0 Å². The summed E-state index contributed by atoms with van der Waals surface area (Å²) < 4.78 is 51.5. The first kappa shape index (κ1) is 25.1. The molecule has 0 saturated heterocycles. The van der Waals surface area contributed by atoms with Crippen molar-refractivity contribution < 1.29 is 27.4 Å². The average Bonchev–Trinajstić information content (AvgIpc) is 3.19. The number of fused-ring (bicyclic) bond motifs is 1. The molecular weight excluding hydrogens is 475 g/mol. The highest BCUT2D eigenvalue weighted by molar-refractivity contribution is 6.14. The SMILES string of the molecule is CNC(=O)N1N=C(c2ccc(-n3nc(C(F)(F)F)cc3C)cc2)c2cc(OC)c(OC)cc2CC1C. The second-order valence-corrected chi connectivity index (χ2v) is 8.39. The molecule has 190 valence electrons. The van der Waals surface area contributed by atoms with Crippen molar-refractivity contribution in [2.45, 2.75) is 32.5 Å². The number of urea groups is 1. The van der Waals surface area contributed by atoms with Gasteiger partial charge < -0.3 is 14.8 Å². The Balaban J connectivity index is 1.83. The van der Waals surface area contributed by atoms with Gasteiger partial charge in [-0.3, -0.25) is 0 Å². The molecule has 0 fully saturated rings. The van der Waals surface area contributed by atoms with E-state index in [1.165, 1.54) is 23.8 Å². The van der Waals surface area contributed by atoms with Crippen molar-refractivity contribution in [2.24, 2.45) is 5.10 Å². The molecule has 2 aromatic carbocycles. The lowest BCUT2D eigenvalue weighted by Gasteiger charge is -2.22. The summed E-state index contributed by atoms with van der Waals surface area (Å²) in [7, 11) is 4.62. The number of nitrogens with one attached hydrogen (secondary N) is 1. The Morgan fingerprint density at radius 3 is 2.28 bits per heavy atom. The van der Waals surface area contributed by atoms with Gasteiger partial charge in [0.25, 0.3) is 0 Å². The third-order valence-electron chi connectivity index (χ3n) is 5.99. The minimum Gasteiger partial charge on any atom is -0.493 e. The van der Waals surface area contributed by atoms with Crippen LogP contribution in [0.25, 0.3) is 5.69 Å². The van der Waals surface area contributed by atoms with Gasteiger partial charge in [0.15, 0.2) is 17.2 Å². The molecule has 4 rings (SSSR count). The summed E-state index contributed by atoms with van der Waals surface area (Å²) in [5.41, 5.74) is 2.70. The zero-order chi connectivity index (χ0) is 26.2. The molecule has 1 aliphatic rings. The number of hydrazone groups is 1. The van der Waals surface area contributed by atoms with Crippen LogP contribution in [0.3, 0.4) is 0 Å². The number of hydrogen-bond donors (Lipinski definition) is 1. The quantitative estimate of drug-likeness (QED) is 0.569. The van der Waals surface area contributed by atoms with Gasteiger partial charge in [-0.05, 0) is 56.2 Å². The highest BCUT2D eigenvalue weighted by Crippen LogP contribution is 2.35. The first-order valence-electron chi connectivity index (χ1n) is 11.2. The Morgan fingerprint density at radius 2 is 1.72 bits per heavy atom. The first-order valence-corrected chi connectivity index (χ1v) is 11.2. The summed E-state index contributed by atoms with van der Waals surface area (Å²) in [6, 6.07) is 10.9. The second-order valence-electron chi connectivity index (χ2n) is 8.39. The van der Waals surface area contributed by atoms with Crippen LogP contribution in [0.1, 0.15) is 35.0 Å². The Kier molecular flexibility index (Phi) is 6.66. The van der Waals surface area contributed by atoms with E-state index in [-0.39, 0.29) is 12.1 Å². The average molecular weight is 502 g/mol. The van der Waals surface area contributed by atoms with Crippen LogP contribution in [-0.4, -0.2) is 53.8 Å². The maximum Gasteiger partial charge on any atom is 0.435 e. The predicted octanol–water partition coefficient (Wildman–Crippen LogP) is 4.56. The highest BCUT2D eigenvalue weighted by atomic mass is 19.4. The zero-order valence-electron chi connectivity index (χ0n) is 20.5. The molecule has 0 spiro atoms. The van der Waals surface area contributed by atoms with E-state index >= 15 is 0 Å². The molecule has 1 atom stereocenters. The monoisotopic (exact) mass is 501 g/mol. The number of ether oxygens (including phenoxy) is 2. The number of halogens is 3. The smallest absolute Gasteiger partial charge is 0.435 e. The zero-order valence-corrected chi connectivity index (χ0v) is 20.5. The number of amides is 2. The molecule has 0 aliphatic carbocycles. The molecule has 0 saturated carbocycles. The molecule has 3 aromatic rings. The minimum absolute atomic E-state index is 0.258. The van der Waals surface area contributed by atoms with E-state index in [4.69, 9.17) is 14.6 Å². The van der Waals surface area contributed by atoms with Crippen molar-refractivity contribution in [1.82, 2.24) is 20.1 Å². The van der Waals surface area contributed by atoms with Gasteiger partial charge in [0.2, 0.25) is 0 Å². The van der Waals surface area contributed by atoms with Crippen molar-refractivity contribution in [2.75, 3.05) is 21.3 Å². The van der Waals surface area contributed by atoms with E-state index in [1.807, 2.05) is 19.1 Å². The fourth-order valence-electron chi connectivity index (χ4n) is 4.18. The van der Waals surface area contributed by atoms with Gasteiger partial charge in [0.05, 0.1) is 31.7 Å². The second kappa shape index (κ2) is 9.56. The van der Waals surface area contributed by atoms with Crippen LogP contribution < -0.4 is 14.8 Å².